The van der Waals surface area contributed by atoms with Crippen LogP contribution in [0.15, 0.2) is 11.1 Å². The third-order valence-electron chi connectivity index (χ3n) is 2.03. The molecule has 60 valence electrons. The summed E-state index contributed by atoms with van der Waals surface area (Å²) in [6.45, 7) is 7.31. The van der Waals surface area contributed by atoms with E-state index in [1.807, 2.05) is 0 Å². The molecule has 0 bridgehead atoms. The van der Waals surface area contributed by atoms with Crippen LogP contribution in [0.25, 0.3) is 0 Å². The van der Waals surface area contributed by atoms with Crippen molar-refractivity contribution in [3.05, 3.63) is 11.1 Å². The van der Waals surface area contributed by atoms with E-state index in [0.717, 1.165) is 25.8 Å². The lowest BCUT2D eigenvalue weighted by molar-refractivity contribution is 0.881. The maximum atomic E-state index is 5.58. The van der Waals surface area contributed by atoms with Crippen molar-refractivity contribution < 1.29 is 0 Å². The molecule has 2 N–H and O–H groups in total. The quantitative estimate of drug-likeness (QED) is 0.598. The first kappa shape index (κ1) is 9.70. The average molecular weight is 141 g/mol. The summed E-state index contributed by atoms with van der Waals surface area (Å²) in [6, 6.07) is 0. The second kappa shape index (κ2) is 5.48. The first-order valence-corrected chi connectivity index (χ1v) is 4.19. The third kappa shape index (κ3) is 2.53. The van der Waals surface area contributed by atoms with Gasteiger partial charge < -0.3 is 5.73 Å². The van der Waals surface area contributed by atoms with Crippen LogP contribution >= 0.6 is 0 Å². The molecule has 0 spiro atoms. The highest BCUT2D eigenvalue weighted by atomic mass is 14.5. The zero-order valence-corrected chi connectivity index (χ0v) is 7.41. The molecule has 0 amide bonds. The zero-order valence-electron chi connectivity index (χ0n) is 7.41. The summed E-state index contributed by atoms with van der Waals surface area (Å²) < 4.78 is 0. The lowest BCUT2D eigenvalue weighted by Crippen LogP contribution is -2.05. The normalized spacial score (nSPS) is 9.60. The maximum Gasteiger partial charge on any atom is 0.0139 e. The van der Waals surface area contributed by atoms with Gasteiger partial charge in [0.05, 0.1) is 0 Å². The van der Waals surface area contributed by atoms with Crippen LogP contribution in [-0.4, -0.2) is 6.54 Å². The summed E-state index contributed by atoms with van der Waals surface area (Å²) >= 11 is 0. The summed E-state index contributed by atoms with van der Waals surface area (Å²) in [4.78, 5) is 0. The number of nitrogens with two attached hydrogens (primary N) is 1. The molecule has 0 aliphatic heterocycles. The van der Waals surface area contributed by atoms with E-state index >= 15 is 0 Å². The molecule has 0 unspecified atom stereocenters. The molecule has 1 heteroatoms. The molecule has 0 radical (unpaired) electrons. The van der Waals surface area contributed by atoms with Gasteiger partial charge in [-0.15, -0.1) is 0 Å². The molecule has 0 saturated heterocycles. The summed E-state index contributed by atoms with van der Waals surface area (Å²) in [6.07, 6.45) is 3.45. The Hall–Kier alpha value is -0.300. The zero-order chi connectivity index (χ0) is 7.98. The standard InChI is InChI=1S/C9H19N/c1-4-8(5-2)9(6-3)7-10/h4-7,10H2,1-3H3. The smallest absolute Gasteiger partial charge is 0.0139 e. The van der Waals surface area contributed by atoms with Crippen molar-refractivity contribution in [2.24, 2.45) is 5.73 Å². The Labute approximate surface area is 64.3 Å². The average Bonchev–Trinajstić information content (AvgIpc) is 2.00. The van der Waals surface area contributed by atoms with Crippen molar-refractivity contribution in [2.75, 3.05) is 6.54 Å². The summed E-state index contributed by atoms with van der Waals surface area (Å²) in [5.74, 6) is 0. The molecule has 10 heavy (non-hydrogen) atoms. The highest BCUT2D eigenvalue weighted by Crippen LogP contribution is 2.13. The van der Waals surface area contributed by atoms with Gasteiger partial charge in [-0.1, -0.05) is 31.9 Å². The van der Waals surface area contributed by atoms with Crippen LogP contribution in [0.3, 0.4) is 0 Å². The minimum atomic E-state index is 0.744. The Kier molecular flexibility index (Phi) is 5.32. The topological polar surface area (TPSA) is 26.0 Å². The highest BCUT2D eigenvalue weighted by Gasteiger charge is 1.97. The van der Waals surface area contributed by atoms with E-state index in [0.29, 0.717) is 0 Å². The van der Waals surface area contributed by atoms with Crippen LogP contribution < -0.4 is 5.73 Å². The van der Waals surface area contributed by atoms with Gasteiger partial charge in [-0.25, -0.2) is 0 Å². The van der Waals surface area contributed by atoms with E-state index in [9.17, 15) is 0 Å². The van der Waals surface area contributed by atoms with Gasteiger partial charge in [0, 0.05) is 6.54 Å². The number of rotatable bonds is 4. The Balaban J connectivity index is 4.20. The maximum absolute atomic E-state index is 5.58. The molecular formula is C9H19N. The fraction of sp³-hybridized carbons (Fsp3) is 0.778. The lowest BCUT2D eigenvalue weighted by Gasteiger charge is -2.07. The summed E-state index contributed by atoms with van der Waals surface area (Å²) in [5.41, 5.74) is 8.57. The Morgan fingerprint density at radius 3 is 1.40 bits per heavy atom. The molecule has 1 nitrogen and oxygen atoms in total. The van der Waals surface area contributed by atoms with Crippen molar-refractivity contribution in [2.45, 2.75) is 40.0 Å². The largest absolute Gasteiger partial charge is 0.327 e. The molecule has 0 heterocycles. The van der Waals surface area contributed by atoms with E-state index in [-0.39, 0.29) is 0 Å². The van der Waals surface area contributed by atoms with Gasteiger partial charge in [-0.2, -0.15) is 0 Å². The van der Waals surface area contributed by atoms with Crippen LogP contribution in [-0.2, 0) is 0 Å². The second-order valence-corrected chi connectivity index (χ2v) is 2.47. The molecule has 0 aliphatic carbocycles. The molecule has 0 fully saturated rings. The van der Waals surface area contributed by atoms with E-state index in [1.54, 1.807) is 5.57 Å². The van der Waals surface area contributed by atoms with Crippen molar-refractivity contribution >= 4 is 0 Å². The SMILES string of the molecule is CCC(CC)=C(CC)CN. The van der Waals surface area contributed by atoms with Gasteiger partial charge >= 0.3 is 0 Å². The molecule has 0 atom stereocenters. The van der Waals surface area contributed by atoms with Crippen LogP contribution in [0.2, 0.25) is 0 Å². The van der Waals surface area contributed by atoms with Crippen LogP contribution in [0.5, 0.6) is 0 Å². The first-order valence-electron chi connectivity index (χ1n) is 4.19. The highest BCUT2D eigenvalue weighted by molar-refractivity contribution is 5.14. The van der Waals surface area contributed by atoms with Crippen LogP contribution in [0.4, 0.5) is 0 Å². The van der Waals surface area contributed by atoms with Gasteiger partial charge in [0.15, 0.2) is 0 Å². The molecule has 0 aromatic rings. The third-order valence-corrected chi connectivity index (χ3v) is 2.03. The van der Waals surface area contributed by atoms with Crippen molar-refractivity contribution in [1.82, 2.24) is 0 Å². The van der Waals surface area contributed by atoms with Gasteiger partial charge in [-0.05, 0) is 19.3 Å². The van der Waals surface area contributed by atoms with E-state index in [2.05, 4.69) is 20.8 Å². The summed E-state index contributed by atoms with van der Waals surface area (Å²) in [7, 11) is 0. The van der Waals surface area contributed by atoms with E-state index in [1.165, 1.54) is 5.57 Å². The van der Waals surface area contributed by atoms with Gasteiger partial charge in [0.25, 0.3) is 0 Å². The molecule has 0 rings (SSSR count). The minimum Gasteiger partial charge on any atom is -0.327 e. The minimum absolute atomic E-state index is 0.744. The molecule has 0 aromatic heterocycles. The van der Waals surface area contributed by atoms with Gasteiger partial charge in [0.2, 0.25) is 0 Å². The van der Waals surface area contributed by atoms with Crippen LogP contribution in [0, 0.1) is 0 Å². The fourth-order valence-electron chi connectivity index (χ4n) is 1.29. The predicted octanol–water partition coefficient (Wildman–Crippen LogP) is 2.47. The van der Waals surface area contributed by atoms with Crippen molar-refractivity contribution in [1.29, 1.82) is 0 Å². The molecule has 0 saturated carbocycles. The van der Waals surface area contributed by atoms with E-state index in [4.69, 9.17) is 5.73 Å². The number of allylic oxidation sites excluding steroid dienone is 1. The van der Waals surface area contributed by atoms with Crippen molar-refractivity contribution in [3.63, 3.8) is 0 Å². The van der Waals surface area contributed by atoms with E-state index < -0.39 is 0 Å². The number of hydrogen-bond acceptors (Lipinski definition) is 1. The monoisotopic (exact) mass is 141 g/mol. The molecule has 0 aliphatic rings. The fourth-order valence-corrected chi connectivity index (χ4v) is 1.29. The predicted molar refractivity (Wildman–Crippen MR) is 47.0 cm³/mol. The van der Waals surface area contributed by atoms with Crippen LogP contribution in [0.1, 0.15) is 40.0 Å². The first-order chi connectivity index (χ1) is 4.79. The second-order valence-electron chi connectivity index (χ2n) is 2.47. The van der Waals surface area contributed by atoms with Crippen molar-refractivity contribution in [3.8, 4) is 0 Å². The molecular weight excluding hydrogens is 122 g/mol. The van der Waals surface area contributed by atoms with Gasteiger partial charge in [-0.3, -0.25) is 0 Å². The molecule has 0 aromatic carbocycles. The Bertz CT molecular complexity index is 87.9. The number of hydrogen-bond donors (Lipinski definition) is 1. The Morgan fingerprint density at radius 1 is 0.900 bits per heavy atom. The van der Waals surface area contributed by atoms with Gasteiger partial charge in [0.1, 0.15) is 0 Å². The lowest BCUT2D eigenvalue weighted by atomic mass is 10.0. The summed E-state index contributed by atoms with van der Waals surface area (Å²) in [5, 5.41) is 0. The Morgan fingerprint density at radius 2 is 1.30 bits per heavy atom.